The van der Waals surface area contributed by atoms with E-state index in [1.54, 1.807) is 0 Å². The number of aliphatic carboxylic acids is 2. The Balaban J connectivity index is -0.000000295. The molecule has 0 radical (unpaired) electrons. The number of carbonyl (C=O) groups is 2. The molecule has 0 fully saturated rings. The van der Waals surface area contributed by atoms with Crippen molar-refractivity contribution in [2.75, 3.05) is 0 Å². The molecular weight excluding hydrogens is 312 g/mol. The van der Waals surface area contributed by atoms with E-state index < -0.39 is 11.9 Å². The largest absolute Gasteiger partial charge is 2.00 e. The van der Waals surface area contributed by atoms with Gasteiger partial charge < -0.3 is 19.8 Å². The molecule has 0 N–H and O–H groups in total. The molecule has 126 valence electrons. The number of hydrogen-bond acceptors (Lipinski definition) is 4. The Morgan fingerprint density at radius 2 is 1.00 bits per heavy atom. The quantitative estimate of drug-likeness (QED) is 0.628. The first kappa shape index (κ1) is 25.4. The molecule has 0 heterocycles. The Bertz CT molecular complexity index is 249. The van der Waals surface area contributed by atoms with E-state index in [0.717, 1.165) is 25.7 Å². The molecule has 2 unspecified atom stereocenters. The summed E-state index contributed by atoms with van der Waals surface area (Å²) >= 11 is 0. The second kappa shape index (κ2) is 14.4. The summed E-state index contributed by atoms with van der Waals surface area (Å²) in [5.41, 5.74) is 0. The third-order valence-corrected chi connectivity index (χ3v) is 3.41. The van der Waals surface area contributed by atoms with Crippen LogP contribution in [0.3, 0.4) is 0 Å². The van der Waals surface area contributed by atoms with E-state index in [1.165, 1.54) is 0 Å². The Hall–Kier alpha value is -0.541. The Labute approximate surface area is 140 Å². The molecular formula is C16H30FeO4. The van der Waals surface area contributed by atoms with Gasteiger partial charge in [0.15, 0.2) is 0 Å². The van der Waals surface area contributed by atoms with E-state index in [0.29, 0.717) is 0 Å². The fraction of sp³-hybridized carbons (Fsp3) is 0.875. The van der Waals surface area contributed by atoms with Crippen molar-refractivity contribution in [1.82, 2.24) is 0 Å². The molecule has 0 saturated heterocycles. The van der Waals surface area contributed by atoms with E-state index >= 15 is 0 Å². The second-order valence-corrected chi connectivity index (χ2v) is 5.92. The van der Waals surface area contributed by atoms with E-state index in [-0.39, 0.29) is 40.7 Å². The van der Waals surface area contributed by atoms with Crippen LogP contribution < -0.4 is 10.2 Å². The maximum absolute atomic E-state index is 10.4. The number of carbonyl (C=O) groups excluding carboxylic acids is 2. The van der Waals surface area contributed by atoms with Crippen molar-refractivity contribution < 1.29 is 36.9 Å². The van der Waals surface area contributed by atoms with Gasteiger partial charge in [0.25, 0.3) is 0 Å². The topological polar surface area (TPSA) is 80.3 Å². The molecule has 2 atom stereocenters. The average molecular weight is 342 g/mol. The molecule has 0 aromatic heterocycles. The van der Waals surface area contributed by atoms with Gasteiger partial charge in [0.2, 0.25) is 0 Å². The van der Waals surface area contributed by atoms with Gasteiger partial charge in [-0.25, -0.2) is 0 Å². The zero-order chi connectivity index (χ0) is 16.3. The third-order valence-electron chi connectivity index (χ3n) is 3.41. The molecule has 0 amide bonds. The molecule has 5 heteroatoms. The SMILES string of the molecule is CCCC(C(=O)[O-])C(C)C.CCCC(C(=O)[O-])C(C)C.[Fe+2]. The smallest absolute Gasteiger partial charge is 0.550 e. The molecule has 0 aromatic carbocycles. The van der Waals surface area contributed by atoms with Crippen LogP contribution >= 0.6 is 0 Å². The normalized spacial score (nSPS) is 13.0. The van der Waals surface area contributed by atoms with Gasteiger partial charge >= 0.3 is 17.1 Å². The van der Waals surface area contributed by atoms with Crippen molar-refractivity contribution in [2.24, 2.45) is 23.7 Å². The number of hydrogen-bond donors (Lipinski definition) is 0. The first-order chi connectivity index (χ1) is 9.18. The van der Waals surface area contributed by atoms with Gasteiger partial charge in [-0.1, -0.05) is 54.4 Å². The molecule has 21 heavy (non-hydrogen) atoms. The van der Waals surface area contributed by atoms with Gasteiger partial charge in [0.05, 0.1) is 0 Å². The zero-order valence-corrected chi connectivity index (χ0v) is 15.2. The Morgan fingerprint density at radius 1 is 0.762 bits per heavy atom. The number of rotatable bonds is 8. The molecule has 0 aliphatic carbocycles. The summed E-state index contributed by atoms with van der Waals surface area (Å²) in [6, 6.07) is 0. The van der Waals surface area contributed by atoms with Crippen molar-refractivity contribution in [1.29, 1.82) is 0 Å². The molecule has 0 spiro atoms. The van der Waals surface area contributed by atoms with Gasteiger partial charge in [0, 0.05) is 23.8 Å². The Kier molecular flexibility index (Phi) is 17.4. The van der Waals surface area contributed by atoms with Crippen LogP contribution in [0, 0.1) is 23.7 Å². The van der Waals surface area contributed by atoms with Crippen molar-refractivity contribution in [3.8, 4) is 0 Å². The van der Waals surface area contributed by atoms with Crippen LogP contribution in [0.1, 0.15) is 67.2 Å². The van der Waals surface area contributed by atoms with Crippen LogP contribution in [0.4, 0.5) is 0 Å². The summed E-state index contributed by atoms with van der Waals surface area (Å²) < 4.78 is 0. The van der Waals surface area contributed by atoms with Gasteiger partial charge in [-0.3, -0.25) is 0 Å². The van der Waals surface area contributed by atoms with Crippen LogP contribution in [0.15, 0.2) is 0 Å². The molecule has 0 saturated carbocycles. The molecule has 0 aliphatic rings. The van der Waals surface area contributed by atoms with E-state index in [9.17, 15) is 19.8 Å². The molecule has 4 nitrogen and oxygen atoms in total. The maximum atomic E-state index is 10.4. The molecule has 0 aromatic rings. The van der Waals surface area contributed by atoms with E-state index in [1.807, 2.05) is 41.5 Å². The van der Waals surface area contributed by atoms with Crippen LogP contribution in [0.5, 0.6) is 0 Å². The zero-order valence-electron chi connectivity index (χ0n) is 14.1. The minimum Gasteiger partial charge on any atom is -0.550 e. The van der Waals surface area contributed by atoms with Crippen molar-refractivity contribution >= 4 is 11.9 Å². The monoisotopic (exact) mass is 342 g/mol. The van der Waals surface area contributed by atoms with Crippen LogP contribution in [0.2, 0.25) is 0 Å². The average Bonchev–Trinajstić information content (AvgIpc) is 2.32. The molecule has 0 aliphatic heterocycles. The van der Waals surface area contributed by atoms with Gasteiger partial charge in [-0.05, 0) is 24.7 Å². The first-order valence-electron chi connectivity index (χ1n) is 7.60. The summed E-state index contributed by atoms with van der Waals surface area (Å²) in [6.07, 6.45) is 3.30. The minimum atomic E-state index is -0.906. The summed E-state index contributed by atoms with van der Waals surface area (Å²) in [7, 11) is 0. The van der Waals surface area contributed by atoms with E-state index in [4.69, 9.17) is 0 Å². The van der Waals surface area contributed by atoms with E-state index in [2.05, 4.69) is 0 Å². The Morgan fingerprint density at radius 3 is 1.05 bits per heavy atom. The molecule has 0 bridgehead atoms. The van der Waals surface area contributed by atoms with Gasteiger partial charge in [-0.2, -0.15) is 0 Å². The predicted molar refractivity (Wildman–Crippen MR) is 76.5 cm³/mol. The summed E-state index contributed by atoms with van der Waals surface area (Å²) in [6.45, 7) is 11.6. The minimum absolute atomic E-state index is 0. The second-order valence-electron chi connectivity index (χ2n) is 5.92. The van der Waals surface area contributed by atoms with Crippen molar-refractivity contribution in [3.63, 3.8) is 0 Å². The van der Waals surface area contributed by atoms with Crippen LogP contribution in [-0.2, 0) is 26.7 Å². The van der Waals surface area contributed by atoms with Crippen LogP contribution in [0.25, 0.3) is 0 Å². The number of carboxylic acids is 2. The fourth-order valence-corrected chi connectivity index (χ4v) is 2.07. The number of carboxylic acid groups (broad SMARTS) is 2. The summed E-state index contributed by atoms with van der Waals surface area (Å²) in [5, 5.41) is 20.8. The fourth-order valence-electron chi connectivity index (χ4n) is 2.07. The maximum Gasteiger partial charge on any atom is 2.00 e. The third kappa shape index (κ3) is 12.9. The van der Waals surface area contributed by atoms with Gasteiger partial charge in [0.1, 0.15) is 0 Å². The first-order valence-corrected chi connectivity index (χ1v) is 7.60. The van der Waals surface area contributed by atoms with Crippen molar-refractivity contribution in [3.05, 3.63) is 0 Å². The van der Waals surface area contributed by atoms with Gasteiger partial charge in [-0.15, -0.1) is 0 Å². The van der Waals surface area contributed by atoms with Crippen molar-refractivity contribution in [2.45, 2.75) is 67.2 Å². The molecule has 0 rings (SSSR count). The summed E-state index contributed by atoms with van der Waals surface area (Å²) in [4.78, 5) is 20.8. The predicted octanol–water partition coefficient (Wildman–Crippen LogP) is 1.61. The standard InChI is InChI=1S/2C8H16O2.Fe/c2*1-4-5-7(6(2)3)8(9)10;/h2*6-7H,4-5H2,1-3H3,(H,9,10);/q;;+2/p-2. The van der Waals surface area contributed by atoms with Crippen LogP contribution in [-0.4, -0.2) is 11.9 Å². The summed E-state index contributed by atoms with van der Waals surface area (Å²) in [5.74, 6) is -1.93.